The summed E-state index contributed by atoms with van der Waals surface area (Å²) in [6.07, 6.45) is 5.17. The van der Waals surface area contributed by atoms with Gasteiger partial charge in [0.25, 0.3) is 0 Å². The van der Waals surface area contributed by atoms with Crippen LogP contribution in [0, 0.1) is 28.0 Å². The summed E-state index contributed by atoms with van der Waals surface area (Å²) in [6.45, 7) is 33.9. The van der Waals surface area contributed by atoms with E-state index in [0.717, 1.165) is 37.0 Å². The molecule has 0 spiro atoms. The average Bonchev–Trinajstić information content (AvgIpc) is 3.77. The predicted octanol–water partition coefficient (Wildman–Crippen LogP) is 8.44. The SMILES string of the molecule is C=C(N1CCN(c2cc3c(cc2F)c(=O)c(C(=O)O)cn3C2CC2)CC1)C(C)(C)CC(C)CC(=C)C(C)(C)C(C)(C)C(=C)C. The number of hydrogen-bond acceptors (Lipinski definition) is 4. The standard InChI is InChI=1S/C37H52FN3O3/c1-23(2)36(8,9)37(10,11)25(4)18-24(3)21-35(6,7)26(5)39-14-16-40(17-15-39)32-20-31-28(19-30(32)38)33(42)29(34(43)44)22-41(31)27-12-13-27/h19-20,22,24,27H,1,4-5,12-18,21H2,2-3,6-11H3,(H,43,44). The highest BCUT2D eigenvalue weighted by Crippen LogP contribution is 2.50. The summed E-state index contributed by atoms with van der Waals surface area (Å²) < 4.78 is 17.3. The van der Waals surface area contributed by atoms with Crippen molar-refractivity contribution in [3.05, 3.63) is 76.5 Å². The molecule has 240 valence electrons. The molecule has 2 fully saturated rings. The van der Waals surface area contributed by atoms with Gasteiger partial charge in [-0.2, -0.15) is 0 Å². The quantitative estimate of drug-likeness (QED) is 0.246. The van der Waals surface area contributed by atoms with Crippen molar-refractivity contribution in [1.82, 2.24) is 9.47 Å². The molecule has 2 aromatic rings. The van der Waals surface area contributed by atoms with Crippen LogP contribution in [0.5, 0.6) is 0 Å². The summed E-state index contributed by atoms with van der Waals surface area (Å²) in [7, 11) is 0. The highest BCUT2D eigenvalue weighted by molar-refractivity contribution is 5.93. The van der Waals surface area contributed by atoms with Crippen molar-refractivity contribution in [2.75, 3.05) is 31.1 Å². The molecule has 4 rings (SSSR count). The number of carboxylic acid groups (broad SMARTS) is 1. The van der Waals surface area contributed by atoms with Gasteiger partial charge in [-0.1, -0.05) is 79.3 Å². The van der Waals surface area contributed by atoms with Gasteiger partial charge in [-0.25, -0.2) is 9.18 Å². The fraction of sp³-hybridized carbons (Fsp3) is 0.568. The summed E-state index contributed by atoms with van der Waals surface area (Å²) >= 11 is 0. The van der Waals surface area contributed by atoms with E-state index in [1.165, 1.54) is 17.8 Å². The maximum absolute atomic E-state index is 15.5. The van der Waals surface area contributed by atoms with E-state index in [1.807, 2.05) is 9.47 Å². The summed E-state index contributed by atoms with van der Waals surface area (Å²) in [4.78, 5) is 28.9. The summed E-state index contributed by atoms with van der Waals surface area (Å²) in [5.74, 6) is -1.36. The molecule has 0 radical (unpaired) electrons. The van der Waals surface area contributed by atoms with Gasteiger partial charge >= 0.3 is 5.97 Å². The Morgan fingerprint density at radius 2 is 1.61 bits per heavy atom. The number of anilines is 1. The summed E-state index contributed by atoms with van der Waals surface area (Å²) in [5, 5.41) is 9.66. The van der Waals surface area contributed by atoms with E-state index in [9.17, 15) is 14.7 Å². The van der Waals surface area contributed by atoms with Crippen LogP contribution in [0.3, 0.4) is 0 Å². The molecule has 0 bridgehead atoms. The van der Waals surface area contributed by atoms with Gasteiger partial charge in [-0.3, -0.25) is 4.79 Å². The van der Waals surface area contributed by atoms with Crippen LogP contribution in [0.25, 0.3) is 10.9 Å². The largest absolute Gasteiger partial charge is 0.477 e. The molecule has 1 aliphatic carbocycles. The molecule has 1 N–H and O–H groups in total. The lowest BCUT2D eigenvalue weighted by Crippen LogP contribution is -2.48. The van der Waals surface area contributed by atoms with Crippen molar-refractivity contribution < 1.29 is 14.3 Å². The van der Waals surface area contributed by atoms with Crippen molar-refractivity contribution in [3.8, 4) is 0 Å². The van der Waals surface area contributed by atoms with Gasteiger partial charge in [0.2, 0.25) is 5.43 Å². The minimum absolute atomic E-state index is 0.0516. The van der Waals surface area contributed by atoms with Crippen molar-refractivity contribution in [1.29, 1.82) is 0 Å². The average molecular weight is 606 g/mol. The number of halogens is 1. The Kier molecular flexibility index (Phi) is 9.05. The molecular formula is C37H52FN3O3. The van der Waals surface area contributed by atoms with Crippen LogP contribution in [0.1, 0.15) is 97.5 Å². The number of aromatic nitrogens is 1. The van der Waals surface area contributed by atoms with Gasteiger partial charge in [0, 0.05) is 54.9 Å². The molecule has 1 aromatic carbocycles. The van der Waals surface area contributed by atoms with Crippen molar-refractivity contribution in [3.63, 3.8) is 0 Å². The number of pyridine rings is 1. The third-order valence-corrected chi connectivity index (χ3v) is 11.0. The molecule has 1 unspecified atom stereocenters. The van der Waals surface area contributed by atoms with E-state index < -0.39 is 17.2 Å². The number of aromatic carboxylic acids is 1. The second-order valence-corrected chi connectivity index (χ2v) is 15.1. The van der Waals surface area contributed by atoms with Crippen LogP contribution in [0.4, 0.5) is 10.1 Å². The van der Waals surface area contributed by atoms with Crippen molar-refractivity contribution in [2.24, 2.45) is 22.2 Å². The van der Waals surface area contributed by atoms with Gasteiger partial charge in [-0.05, 0) is 61.5 Å². The Bertz CT molecular complexity index is 1550. The lowest BCUT2D eigenvalue weighted by atomic mass is 9.60. The van der Waals surface area contributed by atoms with Gasteiger partial charge in [-0.15, -0.1) is 0 Å². The molecule has 0 amide bonds. The van der Waals surface area contributed by atoms with Crippen molar-refractivity contribution in [2.45, 2.75) is 87.1 Å². The fourth-order valence-electron chi connectivity index (χ4n) is 6.77. The number of allylic oxidation sites excluding steroid dienone is 3. The zero-order valence-corrected chi connectivity index (χ0v) is 28.1. The number of nitrogens with zero attached hydrogens (tertiary/aromatic N) is 3. The van der Waals surface area contributed by atoms with Gasteiger partial charge in [0.15, 0.2) is 0 Å². The Morgan fingerprint density at radius 1 is 1.02 bits per heavy atom. The number of carbonyl (C=O) groups is 1. The Hall–Kier alpha value is -3.35. The normalized spacial score (nSPS) is 17.1. The van der Waals surface area contributed by atoms with E-state index in [1.54, 1.807) is 6.07 Å². The van der Waals surface area contributed by atoms with E-state index >= 15 is 4.39 Å². The van der Waals surface area contributed by atoms with Gasteiger partial charge in [0.1, 0.15) is 11.4 Å². The molecule has 2 heterocycles. The molecule has 7 heteroatoms. The number of hydrogen-bond donors (Lipinski definition) is 1. The molecule has 1 saturated carbocycles. The van der Waals surface area contributed by atoms with E-state index in [4.69, 9.17) is 0 Å². The van der Waals surface area contributed by atoms with Crippen LogP contribution in [-0.2, 0) is 0 Å². The second-order valence-electron chi connectivity index (χ2n) is 15.1. The number of carboxylic acids is 1. The topological polar surface area (TPSA) is 65.8 Å². The first-order chi connectivity index (χ1) is 20.3. The molecule has 1 aromatic heterocycles. The zero-order chi connectivity index (χ0) is 32.9. The summed E-state index contributed by atoms with van der Waals surface area (Å²) in [5.41, 5.74) is 3.35. The monoisotopic (exact) mass is 605 g/mol. The first-order valence-corrected chi connectivity index (χ1v) is 15.9. The molecule has 1 saturated heterocycles. The number of fused-ring (bicyclic) bond motifs is 1. The summed E-state index contributed by atoms with van der Waals surface area (Å²) in [6, 6.07) is 3.09. The maximum Gasteiger partial charge on any atom is 0.341 e. The fourth-order valence-corrected chi connectivity index (χ4v) is 6.77. The molecule has 1 atom stereocenters. The predicted molar refractivity (Wildman–Crippen MR) is 180 cm³/mol. The third-order valence-electron chi connectivity index (χ3n) is 11.0. The molecule has 44 heavy (non-hydrogen) atoms. The molecular weight excluding hydrogens is 553 g/mol. The number of piperazine rings is 1. The van der Waals surface area contributed by atoms with Gasteiger partial charge in [0.05, 0.1) is 11.2 Å². The van der Waals surface area contributed by atoms with Crippen molar-refractivity contribution >= 4 is 22.6 Å². The second kappa shape index (κ2) is 11.9. The minimum Gasteiger partial charge on any atom is -0.477 e. The lowest BCUT2D eigenvalue weighted by molar-refractivity contribution is 0.0694. The minimum atomic E-state index is -1.29. The highest BCUT2D eigenvalue weighted by Gasteiger charge is 2.40. The van der Waals surface area contributed by atoms with Crippen LogP contribution < -0.4 is 10.3 Å². The molecule has 1 aliphatic heterocycles. The molecule has 6 nitrogen and oxygen atoms in total. The zero-order valence-electron chi connectivity index (χ0n) is 28.1. The third kappa shape index (κ3) is 6.25. The number of benzene rings is 1. The van der Waals surface area contributed by atoms with E-state index in [-0.39, 0.29) is 33.2 Å². The van der Waals surface area contributed by atoms with Crippen LogP contribution in [0.2, 0.25) is 0 Å². The first-order valence-electron chi connectivity index (χ1n) is 15.9. The van der Waals surface area contributed by atoms with Gasteiger partial charge < -0.3 is 19.5 Å². The first kappa shape index (κ1) is 33.5. The Labute approximate surface area is 262 Å². The molecule has 2 aliphatic rings. The van der Waals surface area contributed by atoms with E-state index in [0.29, 0.717) is 43.3 Å². The maximum atomic E-state index is 15.5. The van der Waals surface area contributed by atoms with Crippen LogP contribution >= 0.6 is 0 Å². The Morgan fingerprint density at radius 3 is 2.14 bits per heavy atom. The van der Waals surface area contributed by atoms with E-state index in [2.05, 4.69) is 80.0 Å². The van der Waals surface area contributed by atoms with Crippen LogP contribution in [0.15, 0.2) is 59.7 Å². The van der Waals surface area contributed by atoms with Crippen LogP contribution in [-0.4, -0.2) is 46.7 Å². The lowest BCUT2D eigenvalue weighted by Gasteiger charge is -2.46. The highest BCUT2D eigenvalue weighted by atomic mass is 19.1. The Balaban J connectivity index is 1.44. The number of rotatable bonds is 12. The smallest absolute Gasteiger partial charge is 0.341 e.